The van der Waals surface area contributed by atoms with Crippen LogP contribution in [0, 0.1) is 0 Å². The highest BCUT2D eigenvalue weighted by Crippen LogP contribution is 1.96. The second-order valence-corrected chi connectivity index (χ2v) is 3.16. The maximum absolute atomic E-state index is 11.1. The Labute approximate surface area is 89.3 Å². The van der Waals surface area contributed by atoms with Gasteiger partial charge in [0.15, 0.2) is 0 Å². The van der Waals surface area contributed by atoms with Crippen molar-refractivity contribution in [2.45, 2.75) is 6.54 Å². The predicted octanol–water partition coefficient (Wildman–Crippen LogP) is -0.115. The SMILES string of the molecule is O=C(CNCc1ccccc1)NCCO. The molecule has 0 aliphatic carbocycles. The molecule has 82 valence electrons. The molecule has 4 heteroatoms. The van der Waals surface area contributed by atoms with Crippen molar-refractivity contribution in [1.82, 2.24) is 10.6 Å². The summed E-state index contributed by atoms with van der Waals surface area (Å²) in [6, 6.07) is 9.88. The molecule has 1 amide bonds. The van der Waals surface area contributed by atoms with E-state index in [9.17, 15) is 4.79 Å². The van der Waals surface area contributed by atoms with E-state index in [4.69, 9.17) is 5.11 Å². The second kappa shape index (κ2) is 6.98. The molecule has 0 aliphatic rings. The monoisotopic (exact) mass is 208 g/mol. The molecule has 0 fully saturated rings. The Morgan fingerprint density at radius 1 is 1.27 bits per heavy atom. The summed E-state index contributed by atoms with van der Waals surface area (Å²) >= 11 is 0. The van der Waals surface area contributed by atoms with Crippen LogP contribution in [0.1, 0.15) is 5.56 Å². The Bertz CT molecular complexity index is 288. The van der Waals surface area contributed by atoms with Crippen LogP contribution in [0.5, 0.6) is 0 Å². The van der Waals surface area contributed by atoms with Crippen molar-refractivity contribution < 1.29 is 9.90 Å². The number of amides is 1. The molecule has 1 aromatic carbocycles. The number of aliphatic hydroxyl groups is 1. The molecule has 0 radical (unpaired) electrons. The molecule has 0 aromatic heterocycles. The van der Waals surface area contributed by atoms with Crippen LogP contribution < -0.4 is 10.6 Å². The molecule has 0 spiro atoms. The van der Waals surface area contributed by atoms with E-state index in [-0.39, 0.29) is 19.1 Å². The molecule has 0 atom stereocenters. The fourth-order valence-corrected chi connectivity index (χ4v) is 1.17. The number of rotatable bonds is 6. The molecule has 4 nitrogen and oxygen atoms in total. The standard InChI is InChI=1S/C11H16N2O2/c14-7-6-13-11(15)9-12-8-10-4-2-1-3-5-10/h1-5,12,14H,6-9H2,(H,13,15). The third-order valence-corrected chi connectivity index (χ3v) is 1.89. The summed E-state index contributed by atoms with van der Waals surface area (Å²) in [5.41, 5.74) is 1.15. The van der Waals surface area contributed by atoms with Crippen molar-refractivity contribution >= 4 is 5.91 Å². The van der Waals surface area contributed by atoms with Gasteiger partial charge in [-0.15, -0.1) is 0 Å². The highest BCUT2D eigenvalue weighted by atomic mass is 16.3. The van der Waals surface area contributed by atoms with E-state index in [1.165, 1.54) is 0 Å². The van der Waals surface area contributed by atoms with Crippen molar-refractivity contribution in [3.63, 3.8) is 0 Å². The maximum atomic E-state index is 11.1. The minimum atomic E-state index is -0.0972. The average molecular weight is 208 g/mol. The van der Waals surface area contributed by atoms with Gasteiger partial charge in [0.1, 0.15) is 0 Å². The van der Waals surface area contributed by atoms with Gasteiger partial charge in [-0.3, -0.25) is 4.79 Å². The lowest BCUT2D eigenvalue weighted by Crippen LogP contribution is -2.35. The molecular weight excluding hydrogens is 192 g/mol. The van der Waals surface area contributed by atoms with Crippen LogP contribution in [0.3, 0.4) is 0 Å². The first-order chi connectivity index (χ1) is 7.33. The van der Waals surface area contributed by atoms with E-state index < -0.39 is 0 Å². The van der Waals surface area contributed by atoms with E-state index in [0.717, 1.165) is 5.56 Å². The highest BCUT2D eigenvalue weighted by molar-refractivity contribution is 5.77. The Kier molecular flexibility index (Phi) is 5.43. The Morgan fingerprint density at radius 2 is 2.00 bits per heavy atom. The van der Waals surface area contributed by atoms with Crippen molar-refractivity contribution in [2.24, 2.45) is 0 Å². The molecule has 1 aromatic rings. The van der Waals surface area contributed by atoms with Crippen LogP contribution in [0.25, 0.3) is 0 Å². The summed E-state index contributed by atoms with van der Waals surface area (Å²) in [5, 5.41) is 14.1. The summed E-state index contributed by atoms with van der Waals surface area (Å²) in [5.74, 6) is -0.0972. The zero-order valence-electron chi connectivity index (χ0n) is 8.57. The molecule has 0 saturated heterocycles. The number of benzene rings is 1. The van der Waals surface area contributed by atoms with Gasteiger partial charge in [-0.05, 0) is 5.56 Å². The second-order valence-electron chi connectivity index (χ2n) is 3.16. The lowest BCUT2D eigenvalue weighted by atomic mass is 10.2. The highest BCUT2D eigenvalue weighted by Gasteiger charge is 1.98. The van der Waals surface area contributed by atoms with Crippen molar-refractivity contribution in [2.75, 3.05) is 19.7 Å². The van der Waals surface area contributed by atoms with E-state index in [1.807, 2.05) is 30.3 Å². The van der Waals surface area contributed by atoms with E-state index in [0.29, 0.717) is 13.1 Å². The van der Waals surface area contributed by atoms with Crippen molar-refractivity contribution in [1.29, 1.82) is 0 Å². The third-order valence-electron chi connectivity index (χ3n) is 1.89. The van der Waals surface area contributed by atoms with Gasteiger partial charge in [0.05, 0.1) is 13.2 Å². The largest absolute Gasteiger partial charge is 0.395 e. The first-order valence-corrected chi connectivity index (χ1v) is 4.95. The number of aliphatic hydroxyl groups excluding tert-OH is 1. The van der Waals surface area contributed by atoms with E-state index in [2.05, 4.69) is 10.6 Å². The van der Waals surface area contributed by atoms with Gasteiger partial charge in [0.25, 0.3) is 0 Å². The molecule has 1 rings (SSSR count). The van der Waals surface area contributed by atoms with Gasteiger partial charge >= 0.3 is 0 Å². The number of hydrogen-bond acceptors (Lipinski definition) is 3. The lowest BCUT2D eigenvalue weighted by molar-refractivity contribution is -0.120. The molecule has 15 heavy (non-hydrogen) atoms. The summed E-state index contributed by atoms with van der Waals surface area (Å²) in [7, 11) is 0. The topological polar surface area (TPSA) is 61.4 Å². The number of nitrogens with one attached hydrogen (secondary N) is 2. The van der Waals surface area contributed by atoms with E-state index in [1.54, 1.807) is 0 Å². The molecule has 0 bridgehead atoms. The van der Waals surface area contributed by atoms with Crippen molar-refractivity contribution in [3.05, 3.63) is 35.9 Å². The molecule has 0 aliphatic heterocycles. The van der Waals surface area contributed by atoms with Gasteiger partial charge in [-0.25, -0.2) is 0 Å². The Hall–Kier alpha value is -1.39. The minimum absolute atomic E-state index is 0.0234. The molecule has 3 N–H and O–H groups in total. The van der Waals surface area contributed by atoms with Crippen LogP contribution in [0.4, 0.5) is 0 Å². The molecule has 0 heterocycles. The Morgan fingerprint density at radius 3 is 2.67 bits per heavy atom. The first kappa shape index (κ1) is 11.7. The fourth-order valence-electron chi connectivity index (χ4n) is 1.17. The van der Waals surface area contributed by atoms with Crippen LogP contribution in [0.15, 0.2) is 30.3 Å². The van der Waals surface area contributed by atoms with Crippen LogP contribution in [-0.2, 0) is 11.3 Å². The number of hydrogen-bond donors (Lipinski definition) is 3. The lowest BCUT2D eigenvalue weighted by Gasteiger charge is -2.05. The van der Waals surface area contributed by atoms with E-state index >= 15 is 0 Å². The zero-order valence-corrected chi connectivity index (χ0v) is 8.57. The van der Waals surface area contributed by atoms with Gasteiger partial charge in [0.2, 0.25) is 5.91 Å². The third kappa shape index (κ3) is 5.15. The minimum Gasteiger partial charge on any atom is -0.395 e. The Balaban J connectivity index is 2.14. The van der Waals surface area contributed by atoms with Crippen LogP contribution >= 0.6 is 0 Å². The normalized spacial score (nSPS) is 9.93. The van der Waals surface area contributed by atoms with Crippen molar-refractivity contribution in [3.8, 4) is 0 Å². The fraction of sp³-hybridized carbons (Fsp3) is 0.364. The smallest absolute Gasteiger partial charge is 0.234 e. The van der Waals surface area contributed by atoms with Gasteiger partial charge in [0, 0.05) is 13.1 Å². The summed E-state index contributed by atoms with van der Waals surface area (Å²) in [4.78, 5) is 11.1. The van der Waals surface area contributed by atoms with Crippen LogP contribution in [0.2, 0.25) is 0 Å². The molecular formula is C11H16N2O2. The van der Waals surface area contributed by atoms with Crippen LogP contribution in [-0.4, -0.2) is 30.7 Å². The maximum Gasteiger partial charge on any atom is 0.234 e. The molecule has 0 unspecified atom stereocenters. The number of carbonyl (C=O) groups excluding carboxylic acids is 1. The summed E-state index contributed by atoms with van der Waals surface area (Å²) < 4.78 is 0. The quantitative estimate of drug-likeness (QED) is 0.611. The van der Waals surface area contributed by atoms with Gasteiger partial charge in [-0.2, -0.15) is 0 Å². The molecule has 0 saturated carbocycles. The summed E-state index contributed by atoms with van der Waals surface area (Å²) in [6.07, 6.45) is 0. The predicted molar refractivity (Wildman–Crippen MR) is 58.2 cm³/mol. The van der Waals surface area contributed by atoms with Gasteiger partial charge < -0.3 is 15.7 Å². The summed E-state index contributed by atoms with van der Waals surface area (Å²) in [6.45, 7) is 1.23. The zero-order chi connectivity index (χ0) is 10.9. The number of carbonyl (C=O) groups is 1. The van der Waals surface area contributed by atoms with Gasteiger partial charge in [-0.1, -0.05) is 30.3 Å². The average Bonchev–Trinajstić information content (AvgIpc) is 2.28. The first-order valence-electron chi connectivity index (χ1n) is 4.95.